The first-order valence-electron chi connectivity index (χ1n) is 4.91. The average molecular weight is 227 g/mol. The number of ketones is 1. The molecule has 1 atom stereocenters. The Kier molecular flexibility index (Phi) is 4.63. The summed E-state index contributed by atoms with van der Waals surface area (Å²) in [7, 11) is 1.62. The molecule has 0 bridgehead atoms. The lowest BCUT2D eigenvalue weighted by molar-refractivity contribution is -0.117. The minimum atomic E-state index is -0.162. The SMILES string of the molecule is COc1ccccc1C(Cl)CCC(C)=O. The summed E-state index contributed by atoms with van der Waals surface area (Å²) in [5.41, 5.74) is 0.947. The third kappa shape index (κ3) is 3.56. The van der Waals surface area contributed by atoms with Crippen LogP contribution in [0.25, 0.3) is 0 Å². The van der Waals surface area contributed by atoms with E-state index < -0.39 is 0 Å². The predicted octanol–water partition coefficient (Wildman–Crippen LogP) is 3.34. The summed E-state index contributed by atoms with van der Waals surface area (Å²) in [6.07, 6.45) is 1.16. The molecule has 0 saturated heterocycles. The van der Waals surface area contributed by atoms with Gasteiger partial charge in [-0.3, -0.25) is 0 Å². The quantitative estimate of drug-likeness (QED) is 0.720. The van der Waals surface area contributed by atoms with Gasteiger partial charge in [-0.2, -0.15) is 0 Å². The summed E-state index contributed by atoms with van der Waals surface area (Å²) < 4.78 is 5.20. The predicted molar refractivity (Wildman–Crippen MR) is 61.5 cm³/mol. The first-order chi connectivity index (χ1) is 7.15. The summed E-state index contributed by atoms with van der Waals surface area (Å²) in [6, 6.07) is 7.62. The van der Waals surface area contributed by atoms with E-state index in [4.69, 9.17) is 16.3 Å². The summed E-state index contributed by atoms with van der Waals surface area (Å²) in [5.74, 6) is 0.941. The second-order valence-corrected chi connectivity index (χ2v) is 3.98. The van der Waals surface area contributed by atoms with Crippen LogP contribution >= 0.6 is 11.6 Å². The highest BCUT2D eigenvalue weighted by atomic mass is 35.5. The van der Waals surface area contributed by atoms with Gasteiger partial charge in [0.2, 0.25) is 0 Å². The molecule has 15 heavy (non-hydrogen) atoms. The van der Waals surface area contributed by atoms with E-state index in [9.17, 15) is 4.79 Å². The lowest BCUT2D eigenvalue weighted by Gasteiger charge is -2.12. The van der Waals surface area contributed by atoms with Crippen molar-refractivity contribution in [3.63, 3.8) is 0 Å². The fourth-order valence-electron chi connectivity index (χ4n) is 1.41. The Bertz CT molecular complexity index is 336. The zero-order valence-corrected chi connectivity index (χ0v) is 9.75. The van der Waals surface area contributed by atoms with Crippen molar-refractivity contribution < 1.29 is 9.53 Å². The second kappa shape index (κ2) is 5.76. The normalized spacial score (nSPS) is 12.2. The molecule has 0 aliphatic heterocycles. The van der Waals surface area contributed by atoms with E-state index in [2.05, 4.69) is 0 Å². The summed E-state index contributed by atoms with van der Waals surface area (Å²) >= 11 is 6.20. The van der Waals surface area contributed by atoms with Gasteiger partial charge < -0.3 is 9.53 Å². The minimum absolute atomic E-state index is 0.162. The molecular formula is C12H15ClO2. The number of carbonyl (C=O) groups excluding carboxylic acids is 1. The zero-order chi connectivity index (χ0) is 11.3. The Labute approximate surface area is 95.2 Å². The molecular weight excluding hydrogens is 212 g/mol. The topological polar surface area (TPSA) is 26.3 Å². The summed E-state index contributed by atoms with van der Waals surface area (Å²) in [6.45, 7) is 1.58. The number of carbonyl (C=O) groups is 1. The number of Topliss-reactive ketones (excluding diaryl/α,β-unsaturated/α-hetero) is 1. The maximum absolute atomic E-state index is 10.8. The number of rotatable bonds is 5. The molecule has 1 unspecified atom stereocenters. The van der Waals surface area contributed by atoms with Crippen LogP contribution in [0.5, 0.6) is 5.75 Å². The molecule has 0 aliphatic carbocycles. The first kappa shape index (κ1) is 12.1. The van der Waals surface area contributed by atoms with Gasteiger partial charge in [-0.15, -0.1) is 11.6 Å². The molecule has 0 aliphatic rings. The lowest BCUT2D eigenvalue weighted by Crippen LogP contribution is -1.98. The monoisotopic (exact) mass is 226 g/mol. The fraction of sp³-hybridized carbons (Fsp3) is 0.417. The third-order valence-corrected chi connectivity index (χ3v) is 2.68. The van der Waals surface area contributed by atoms with Gasteiger partial charge in [0.05, 0.1) is 12.5 Å². The van der Waals surface area contributed by atoms with Gasteiger partial charge in [0.25, 0.3) is 0 Å². The largest absolute Gasteiger partial charge is 0.496 e. The summed E-state index contributed by atoms with van der Waals surface area (Å²) in [4.78, 5) is 10.8. The maximum atomic E-state index is 10.8. The van der Waals surface area contributed by atoms with Crippen LogP contribution in [0.2, 0.25) is 0 Å². The molecule has 0 saturated carbocycles. The minimum Gasteiger partial charge on any atom is -0.496 e. The Balaban J connectivity index is 2.72. The fourth-order valence-corrected chi connectivity index (χ4v) is 1.70. The smallest absolute Gasteiger partial charge is 0.129 e. The van der Waals surface area contributed by atoms with Crippen molar-refractivity contribution in [3.05, 3.63) is 29.8 Å². The number of halogens is 1. The number of alkyl halides is 1. The van der Waals surface area contributed by atoms with Gasteiger partial charge in [0, 0.05) is 12.0 Å². The van der Waals surface area contributed by atoms with Gasteiger partial charge in [-0.05, 0) is 19.4 Å². The third-order valence-electron chi connectivity index (χ3n) is 2.23. The molecule has 0 fully saturated rings. The number of hydrogen-bond donors (Lipinski definition) is 0. The number of hydrogen-bond acceptors (Lipinski definition) is 2. The van der Waals surface area contributed by atoms with Crippen LogP contribution in [0, 0.1) is 0 Å². The van der Waals surface area contributed by atoms with E-state index in [0.29, 0.717) is 12.8 Å². The van der Waals surface area contributed by atoms with Crippen LogP contribution < -0.4 is 4.74 Å². The van der Waals surface area contributed by atoms with E-state index in [1.165, 1.54) is 0 Å². The van der Waals surface area contributed by atoms with Crippen molar-refractivity contribution in [3.8, 4) is 5.75 Å². The van der Waals surface area contributed by atoms with Crippen LogP contribution in [0.15, 0.2) is 24.3 Å². The van der Waals surface area contributed by atoms with Crippen molar-refractivity contribution in [2.75, 3.05) is 7.11 Å². The highest BCUT2D eigenvalue weighted by Crippen LogP contribution is 2.32. The zero-order valence-electron chi connectivity index (χ0n) is 9.00. The highest BCUT2D eigenvalue weighted by molar-refractivity contribution is 6.21. The standard InChI is InChI=1S/C12H15ClO2/c1-9(14)7-8-11(13)10-5-3-4-6-12(10)15-2/h3-6,11H,7-8H2,1-2H3. The molecule has 3 heteroatoms. The number of methoxy groups -OCH3 is 1. The molecule has 1 aromatic rings. The molecule has 1 aromatic carbocycles. The molecule has 0 amide bonds. The van der Waals surface area contributed by atoms with Crippen molar-refractivity contribution in [2.45, 2.75) is 25.1 Å². The molecule has 82 valence electrons. The Morgan fingerprint density at radius 1 is 1.47 bits per heavy atom. The van der Waals surface area contributed by atoms with Crippen molar-refractivity contribution in [1.29, 1.82) is 0 Å². The van der Waals surface area contributed by atoms with Crippen LogP contribution in [0.3, 0.4) is 0 Å². The summed E-state index contributed by atoms with van der Waals surface area (Å²) in [5, 5.41) is -0.162. The van der Waals surface area contributed by atoms with Crippen molar-refractivity contribution in [2.24, 2.45) is 0 Å². The highest BCUT2D eigenvalue weighted by Gasteiger charge is 2.13. The van der Waals surface area contributed by atoms with Gasteiger partial charge in [0.15, 0.2) is 0 Å². The van der Waals surface area contributed by atoms with E-state index in [1.807, 2.05) is 24.3 Å². The van der Waals surface area contributed by atoms with Gasteiger partial charge in [0.1, 0.15) is 11.5 Å². The van der Waals surface area contributed by atoms with Crippen LogP contribution in [0.1, 0.15) is 30.7 Å². The average Bonchev–Trinajstić information content (AvgIpc) is 2.25. The number of para-hydroxylation sites is 1. The molecule has 0 N–H and O–H groups in total. The Morgan fingerprint density at radius 3 is 2.73 bits per heavy atom. The first-order valence-corrected chi connectivity index (χ1v) is 5.35. The molecule has 0 aromatic heterocycles. The Morgan fingerprint density at radius 2 is 2.13 bits per heavy atom. The molecule has 2 nitrogen and oxygen atoms in total. The number of ether oxygens (including phenoxy) is 1. The molecule has 0 spiro atoms. The molecule has 1 rings (SSSR count). The van der Waals surface area contributed by atoms with E-state index >= 15 is 0 Å². The molecule has 0 heterocycles. The second-order valence-electron chi connectivity index (χ2n) is 3.45. The van der Waals surface area contributed by atoms with Crippen molar-refractivity contribution in [1.82, 2.24) is 0 Å². The molecule has 0 radical (unpaired) electrons. The lowest BCUT2D eigenvalue weighted by atomic mass is 10.1. The van der Waals surface area contributed by atoms with Gasteiger partial charge >= 0.3 is 0 Å². The van der Waals surface area contributed by atoms with Crippen LogP contribution in [-0.4, -0.2) is 12.9 Å². The van der Waals surface area contributed by atoms with Gasteiger partial charge in [-0.25, -0.2) is 0 Å². The number of benzene rings is 1. The van der Waals surface area contributed by atoms with E-state index in [1.54, 1.807) is 14.0 Å². The van der Waals surface area contributed by atoms with Crippen LogP contribution in [-0.2, 0) is 4.79 Å². The van der Waals surface area contributed by atoms with E-state index in [-0.39, 0.29) is 11.2 Å². The maximum Gasteiger partial charge on any atom is 0.129 e. The van der Waals surface area contributed by atoms with E-state index in [0.717, 1.165) is 11.3 Å². The van der Waals surface area contributed by atoms with Crippen molar-refractivity contribution >= 4 is 17.4 Å². The van der Waals surface area contributed by atoms with Crippen LogP contribution in [0.4, 0.5) is 0 Å². The Hall–Kier alpha value is -1.02. The van der Waals surface area contributed by atoms with Gasteiger partial charge in [-0.1, -0.05) is 18.2 Å².